The summed E-state index contributed by atoms with van der Waals surface area (Å²) >= 11 is 1.01. The van der Waals surface area contributed by atoms with E-state index in [1.807, 2.05) is 0 Å². The monoisotopic (exact) mass is 307 g/mol. The molecular weight excluding hydrogens is 292 g/mol. The minimum absolute atomic E-state index is 0.00670. The Balaban J connectivity index is 2.84. The highest BCUT2D eigenvalue weighted by molar-refractivity contribution is 7.14. The molecule has 1 aromatic rings. The first-order chi connectivity index (χ1) is 9.22. The molecule has 0 aliphatic carbocycles. The number of nitrogens with one attached hydrogen (secondary N) is 1. The van der Waals surface area contributed by atoms with E-state index < -0.39 is 30.4 Å². The number of hydrogen-bond donors (Lipinski definition) is 2. The van der Waals surface area contributed by atoms with Crippen LogP contribution in [0.4, 0.5) is 8.78 Å². The standard InChI is InChI=1S/C12H15F2NO4S/c1-5-4-8(19-12(13)14)9(20-5)10(16)15-7(3)6(2)11(17)18/h4,6-7,12H,1-3H3,(H,15,16)(H,17,18). The van der Waals surface area contributed by atoms with Crippen molar-refractivity contribution in [2.45, 2.75) is 33.4 Å². The summed E-state index contributed by atoms with van der Waals surface area (Å²) in [7, 11) is 0. The van der Waals surface area contributed by atoms with Crippen molar-refractivity contribution in [2.24, 2.45) is 5.92 Å². The predicted octanol–water partition coefficient (Wildman–Crippen LogP) is 2.50. The van der Waals surface area contributed by atoms with E-state index in [-0.39, 0.29) is 10.6 Å². The average Bonchev–Trinajstić information content (AvgIpc) is 2.67. The van der Waals surface area contributed by atoms with Gasteiger partial charge in [-0.1, -0.05) is 0 Å². The van der Waals surface area contributed by atoms with Crippen LogP contribution in [0.3, 0.4) is 0 Å². The Labute approximate surface area is 118 Å². The number of amides is 1. The molecule has 0 saturated carbocycles. The summed E-state index contributed by atoms with van der Waals surface area (Å²) in [4.78, 5) is 23.4. The molecule has 0 saturated heterocycles. The van der Waals surface area contributed by atoms with Crippen molar-refractivity contribution in [2.75, 3.05) is 0 Å². The second-order valence-corrected chi connectivity index (χ2v) is 5.57. The lowest BCUT2D eigenvalue weighted by Gasteiger charge is -2.17. The van der Waals surface area contributed by atoms with Crippen molar-refractivity contribution in [1.29, 1.82) is 0 Å². The third-order valence-corrected chi connectivity index (χ3v) is 3.77. The molecule has 0 aromatic carbocycles. The molecule has 0 fully saturated rings. The molecule has 0 radical (unpaired) electrons. The Morgan fingerprint density at radius 2 is 2.00 bits per heavy atom. The zero-order valence-corrected chi connectivity index (χ0v) is 12.0. The molecule has 2 unspecified atom stereocenters. The summed E-state index contributed by atoms with van der Waals surface area (Å²) in [5.74, 6) is -2.67. The van der Waals surface area contributed by atoms with E-state index in [1.54, 1.807) is 6.92 Å². The lowest BCUT2D eigenvalue weighted by molar-refractivity contribution is -0.141. The van der Waals surface area contributed by atoms with Gasteiger partial charge in [-0.25, -0.2) is 0 Å². The van der Waals surface area contributed by atoms with Gasteiger partial charge in [-0.05, 0) is 26.8 Å². The average molecular weight is 307 g/mol. The second-order valence-electron chi connectivity index (χ2n) is 4.32. The van der Waals surface area contributed by atoms with Crippen molar-refractivity contribution in [3.05, 3.63) is 15.8 Å². The maximum Gasteiger partial charge on any atom is 0.387 e. The van der Waals surface area contributed by atoms with Gasteiger partial charge in [0, 0.05) is 10.9 Å². The van der Waals surface area contributed by atoms with Crippen LogP contribution >= 0.6 is 11.3 Å². The highest BCUT2D eigenvalue weighted by Gasteiger charge is 2.25. The molecule has 8 heteroatoms. The molecule has 0 aliphatic rings. The molecule has 5 nitrogen and oxygen atoms in total. The Bertz CT molecular complexity index is 504. The van der Waals surface area contributed by atoms with Crippen molar-refractivity contribution in [1.82, 2.24) is 5.32 Å². The summed E-state index contributed by atoms with van der Waals surface area (Å²) in [6.45, 7) is 1.61. The quantitative estimate of drug-likeness (QED) is 0.846. The molecule has 1 aromatic heterocycles. The van der Waals surface area contributed by atoms with Crippen LogP contribution in [0.15, 0.2) is 6.07 Å². The lowest BCUT2D eigenvalue weighted by atomic mass is 10.0. The van der Waals surface area contributed by atoms with Crippen LogP contribution in [0, 0.1) is 12.8 Å². The van der Waals surface area contributed by atoms with Crippen LogP contribution in [-0.2, 0) is 4.79 Å². The smallest absolute Gasteiger partial charge is 0.387 e. The van der Waals surface area contributed by atoms with Crippen LogP contribution in [-0.4, -0.2) is 29.6 Å². The van der Waals surface area contributed by atoms with Gasteiger partial charge in [0.2, 0.25) is 0 Å². The number of ether oxygens (including phenoxy) is 1. The zero-order valence-electron chi connectivity index (χ0n) is 11.1. The minimum atomic E-state index is -3.02. The molecule has 0 spiro atoms. The molecule has 112 valence electrons. The topological polar surface area (TPSA) is 75.6 Å². The number of halogens is 2. The maximum absolute atomic E-state index is 12.2. The minimum Gasteiger partial charge on any atom is -0.481 e. The summed E-state index contributed by atoms with van der Waals surface area (Å²) in [6.07, 6.45) is 0. The fraction of sp³-hybridized carbons (Fsp3) is 0.500. The molecule has 0 bridgehead atoms. The van der Waals surface area contributed by atoms with Crippen LogP contribution in [0.2, 0.25) is 0 Å². The third kappa shape index (κ3) is 4.16. The van der Waals surface area contributed by atoms with E-state index in [0.29, 0.717) is 4.88 Å². The number of aliphatic carboxylic acids is 1. The predicted molar refractivity (Wildman–Crippen MR) is 69.4 cm³/mol. The van der Waals surface area contributed by atoms with Crippen LogP contribution in [0.25, 0.3) is 0 Å². The molecule has 0 aliphatic heterocycles. The third-order valence-electron chi connectivity index (χ3n) is 2.74. The molecule has 2 atom stereocenters. The van der Waals surface area contributed by atoms with Gasteiger partial charge in [0.15, 0.2) is 0 Å². The van der Waals surface area contributed by atoms with Crippen molar-refractivity contribution < 1.29 is 28.2 Å². The zero-order chi connectivity index (χ0) is 15.4. The van der Waals surface area contributed by atoms with E-state index >= 15 is 0 Å². The largest absolute Gasteiger partial charge is 0.481 e. The van der Waals surface area contributed by atoms with Gasteiger partial charge >= 0.3 is 12.6 Å². The first-order valence-corrected chi connectivity index (χ1v) is 6.63. The molecule has 1 rings (SSSR count). The first-order valence-electron chi connectivity index (χ1n) is 5.81. The first kappa shape index (κ1) is 16.4. The van der Waals surface area contributed by atoms with Crippen LogP contribution in [0.1, 0.15) is 28.4 Å². The van der Waals surface area contributed by atoms with Gasteiger partial charge in [-0.3, -0.25) is 9.59 Å². The van der Waals surface area contributed by atoms with E-state index in [4.69, 9.17) is 5.11 Å². The van der Waals surface area contributed by atoms with E-state index in [0.717, 1.165) is 11.3 Å². The number of alkyl halides is 2. The SMILES string of the molecule is Cc1cc(OC(F)F)c(C(=O)NC(C)C(C)C(=O)O)s1. The molecule has 1 amide bonds. The van der Waals surface area contributed by atoms with Gasteiger partial charge in [0.25, 0.3) is 5.91 Å². The molecule has 1 heterocycles. The van der Waals surface area contributed by atoms with Gasteiger partial charge in [-0.15, -0.1) is 11.3 Å². The summed E-state index contributed by atoms with van der Waals surface area (Å²) in [6, 6.07) is 0.707. The van der Waals surface area contributed by atoms with Gasteiger partial charge in [0.1, 0.15) is 10.6 Å². The molecular formula is C12H15F2NO4S. The summed E-state index contributed by atoms with van der Waals surface area (Å²) in [5, 5.41) is 11.3. The highest BCUT2D eigenvalue weighted by atomic mass is 32.1. The van der Waals surface area contributed by atoms with E-state index in [2.05, 4.69) is 10.1 Å². The van der Waals surface area contributed by atoms with E-state index in [9.17, 15) is 18.4 Å². The Hall–Kier alpha value is -1.70. The number of carboxylic acid groups (broad SMARTS) is 1. The highest BCUT2D eigenvalue weighted by Crippen LogP contribution is 2.30. The van der Waals surface area contributed by atoms with Crippen LogP contribution < -0.4 is 10.1 Å². The Kier molecular flexibility index (Phi) is 5.43. The summed E-state index contributed by atoms with van der Waals surface area (Å²) < 4.78 is 28.8. The van der Waals surface area contributed by atoms with Gasteiger partial charge < -0.3 is 15.2 Å². The van der Waals surface area contributed by atoms with Crippen molar-refractivity contribution >= 4 is 23.2 Å². The lowest BCUT2D eigenvalue weighted by Crippen LogP contribution is -2.39. The van der Waals surface area contributed by atoms with Gasteiger partial charge in [0.05, 0.1) is 5.92 Å². The number of aryl methyl sites for hydroxylation is 1. The number of hydrogen-bond acceptors (Lipinski definition) is 4. The fourth-order valence-electron chi connectivity index (χ4n) is 1.44. The van der Waals surface area contributed by atoms with Crippen LogP contribution in [0.5, 0.6) is 5.75 Å². The van der Waals surface area contributed by atoms with Gasteiger partial charge in [-0.2, -0.15) is 8.78 Å². The molecule has 20 heavy (non-hydrogen) atoms. The second kappa shape index (κ2) is 6.65. The number of carboxylic acids is 1. The maximum atomic E-state index is 12.2. The number of thiophene rings is 1. The Morgan fingerprint density at radius 3 is 2.50 bits per heavy atom. The normalized spacial score (nSPS) is 13.9. The molecule has 2 N–H and O–H groups in total. The number of carbonyl (C=O) groups excluding carboxylic acids is 1. The number of rotatable bonds is 6. The van der Waals surface area contributed by atoms with E-state index in [1.165, 1.54) is 19.9 Å². The van der Waals surface area contributed by atoms with Crippen molar-refractivity contribution in [3.63, 3.8) is 0 Å². The Morgan fingerprint density at radius 1 is 1.40 bits per heavy atom. The fourth-order valence-corrected chi connectivity index (χ4v) is 2.29. The summed E-state index contributed by atoms with van der Waals surface area (Å²) in [5.41, 5.74) is 0. The van der Waals surface area contributed by atoms with Crippen molar-refractivity contribution in [3.8, 4) is 5.75 Å². The number of carbonyl (C=O) groups is 2.